The third-order valence-electron chi connectivity index (χ3n) is 8.74. The second-order valence-corrected chi connectivity index (χ2v) is 12.3. The highest BCUT2D eigenvalue weighted by molar-refractivity contribution is 6.58. The molecule has 15 heteroatoms. The number of hydrogen-bond acceptors (Lipinski definition) is 5. The van der Waals surface area contributed by atoms with Crippen molar-refractivity contribution in [2.24, 2.45) is 17.8 Å². The van der Waals surface area contributed by atoms with Crippen molar-refractivity contribution >= 4 is 64.1 Å². The molecular formula is C27H16Cl3F5N2O5. The maximum Gasteiger partial charge on any atom is 0.258 e. The summed E-state index contributed by atoms with van der Waals surface area (Å²) in [6, 6.07) is 3.63. The van der Waals surface area contributed by atoms with E-state index in [4.69, 9.17) is 34.8 Å². The fourth-order valence-corrected chi connectivity index (χ4v) is 7.93. The number of anilines is 1. The largest absolute Gasteiger partial charge is 0.508 e. The first-order chi connectivity index (χ1) is 19.6. The van der Waals surface area contributed by atoms with Gasteiger partial charge < -0.3 is 5.11 Å². The summed E-state index contributed by atoms with van der Waals surface area (Å²) in [6.07, 6.45) is 0.877. The molecule has 2 aromatic carbocycles. The van der Waals surface area contributed by atoms with Gasteiger partial charge in [0.2, 0.25) is 17.6 Å². The topological polar surface area (TPSA) is 95.0 Å². The molecular weight excluding hydrogens is 634 g/mol. The Morgan fingerprint density at radius 2 is 1.48 bits per heavy atom. The van der Waals surface area contributed by atoms with Crippen LogP contribution in [0.1, 0.15) is 24.3 Å². The molecule has 2 saturated heterocycles. The number of imide groups is 2. The summed E-state index contributed by atoms with van der Waals surface area (Å²) in [4.78, 5) is 49.3. The van der Waals surface area contributed by atoms with Crippen LogP contribution in [-0.4, -0.2) is 50.4 Å². The van der Waals surface area contributed by atoms with Crippen molar-refractivity contribution in [3.8, 4) is 5.75 Å². The highest BCUT2D eigenvalue weighted by Gasteiger charge is 2.77. The summed E-state index contributed by atoms with van der Waals surface area (Å²) in [5.74, 6) is -21.8. The van der Waals surface area contributed by atoms with E-state index in [1.807, 2.05) is 0 Å². The number of alkyl halides is 2. The van der Waals surface area contributed by atoms with E-state index in [9.17, 15) is 46.2 Å². The van der Waals surface area contributed by atoms with Crippen LogP contribution in [0.4, 0.5) is 27.6 Å². The van der Waals surface area contributed by atoms with E-state index in [1.54, 1.807) is 0 Å². The molecule has 6 atom stereocenters. The van der Waals surface area contributed by atoms with E-state index >= 15 is 0 Å². The van der Waals surface area contributed by atoms with Gasteiger partial charge in [0.15, 0.2) is 33.0 Å². The lowest BCUT2D eigenvalue weighted by Gasteiger charge is -2.50. The first-order valence-corrected chi connectivity index (χ1v) is 13.5. The van der Waals surface area contributed by atoms with Gasteiger partial charge in [-0.2, -0.15) is 0 Å². The molecule has 220 valence electrons. The molecule has 2 aliphatic heterocycles. The molecule has 2 aromatic rings. The SMILES string of the molecule is CN1C(=O)[C@H]2[C@H](CC=C3[C@H]2C[C@@]2(Cl)C(=O)N(c4c(F)c(F)c(F)c(F)c4F)C(=O)[C@@]2(Cl)[C@H]3c2cc(Cl)ccc2O)C1=O. The minimum Gasteiger partial charge on any atom is -0.508 e. The van der Waals surface area contributed by atoms with E-state index in [-0.39, 0.29) is 27.5 Å². The Labute approximate surface area is 248 Å². The number of phenolic OH excluding ortho intramolecular Hbond substituents is 1. The minimum absolute atomic E-state index is 0.00497. The Hall–Kier alpha value is -3.22. The fraction of sp³-hybridized carbons (Fsp3) is 0.333. The van der Waals surface area contributed by atoms with Gasteiger partial charge in [-0.3, -0.25) is 24.1 Å². The number of carbonyl (C=O) groups excluding carboxylic acids is 4. The van der Waals surface area contributed by atoms with Gasteiger partial charge in [0, 0.05) is 23.6 Å². The van der Waals surface area contributed by atoms with Crippen molar-refractivity contribution in [3.63, 3.8) is 0 Å². The van der Waals surface area contributed by atoms with Crippen molar-refractivity contribution in [1.29, 1.82) is 0 Å². The molecule has 1 saturated carbocycles. The second kappa shape index (κ2) is 9.14. The zero-order chi connectivity index (χ0) is 30.8. The minimum atomic E-state index is -2.74. The van der Waals surface area contributed by atoms with Gasteiger partial charge in [-0.15, -0.1) is 23.2 Å². The Bertz CT molecular complexity index is 1680. The number of hydrogen-bond donors (Lipinski definition) is 1. The number of aromatic hydroxyl groups is 1. The first-order valence-electron chi connectivity index (χ1n) is 12.4. The van der Waals surface area contributed by atoms with Crippen LogP contribution in [0.15, 0.2) is 29.8 Å². The standard InChI is InChI=1S/C27H16Cl3F5N2O5/c1-36-22(39)10-4-3-9-12(14(10)23(36)40)7-26(29)24(41)37(21-19(34)17(32)16(31)18(33)20(21)35)25(42)27(26,30)15(9)11-6-8(28)2-5-13(11)38/h2-3,5-6,10,12,14-15,38H,4,7H2,1H3/t10-,12+,14-,15+,26+,27-/m0/s1. The van der Waals surface area contributed by atoms with Gasteiger partial charge in [-0.25, -0.2) is 26.9 Å². The van der Waals surface area contributed by atoms with E-state index in [1.165, 1.54) is 25.3 Å². The van der Waals surface area contributed by atoms with Crippen molar-refractivity contribution in [2.75, 3.05) is 11.9 Å². The van der Waals surface area contributed by atoms with E-state index in [0.29, 0.717) is 0 Å². The van der Waals surface area contributed by atoms with Gasteiger partial charge in [0.05, 0.1) is 11.8 Å². The molecule has 2 heterocycles. The number of carbonyl (C=O) groups is 4. The summed E-state index contributed by atoms with van der Waals surface area (Å²) >= 11 is 20.1. The zero-order valence-corrected chi connectivity index (χ0v) is 23.3. The Morgan fingerprint density at radius 1 is 0.881 bits per heavy atom. The predicted molar refractivity (Wildman–Crippen MR) is 137 cm³/mol. The van der Waals surface area contributed by atoms with Gasteiger partial charge in [-0.05, 0) is 37.0 Å². The molecule has 0 unspecified atom stereocenters. The van der Waals surface area contributed by atoms with Gasteiger partial charge in [0.1, 0.15) is 11.4 Å². The quantitative estimate of drug-likeness (QED) is 0.124. The zero-order valence-electron chi connectivity index (χ0n) is 21.0. The summed E-state index contributed by atoms with van der Waals surface area (Å²) in [7, 11) is 1.27. The first kappa shape index (κ1) is 28.9. The van der Waals surface area contributed by atoms with Crippen LogP contribution in [0.25, 0.3) is 0 Å². The van der Waals surface area contributed by atoms with Gasteiger partial charge >= 0.3 is 0 Å². The van der Waals surface area contributed by atoms with Crippen LogP contribution in [0.3, 0.4) is 0 Å². The maximum absolute atomic E-state index is 15.0. The number of halogens is 8. The lowest BCUT2D eigenvalue weighted by molar-refractivity contribution is -0.138. The predicted octanol–water partition coefficient (Wildman–Crippen LogP) is 4.93. The number of fused-ring (bicyclic) bond motifs is 4. The summed E-state index contributed by atoms with van der Waals surface area (Å²) < 4.78 is 72.2. The fourth-order valence-electron chi connectivity index (χ4n) is 6.83. The molecule has 0 aromatic heterocycles. The number of nitrogens with zero attached hydrogens (tertiary/aromatic N) is 2. The molecule has 42 heavy (non-hydrogen) atoms. The summed E-state index contributed by atoms with van der Waals surface area (Å²) in [6.45, 7) is 0. The van der Waals surface area contributed by atoms with Crippen LogP contribution in [-0.2, 0) is 19.2 Å². The third-order valence-corrected chi connectivity index (χ3v) is 10.4. The highest BCUT2D eigenvalue weighted by atomic mass is 35.5. The number of amides is 4. The average Bonchev–Trinajstić information content (AvgIpc) is 3.26. The smallest absolute Gasteiger partial charge is 0.258 e. The maximum atomic E-state index is 15.0. The molecule has 3 fully saturated rings. The van der Waals surface area contributed by atoms with Gasteiger partial charge in [0.25, 0.3) is 11.8 Å². The molecule has 0 radical (unpaired) electrons. The normalized spacial score (nSPS) is 32.3. The Morgan fingerprint density at radius 3 is 2.10 bits per heavy atom. The van der Waals surface area contributed by atoms with Crippen LogP contribution >= 0.6 is 34.8 Å². The van der Waals surface area contributed by atoms with Crippen molar-refractivity contribution < 1.29 is 46.2 Å². The number of benzene rings is 2. The van der Waals surface area contributed by atoms with Crippen LogP contribution < -0.4 is 4.90 Å². The monoisotopic (exact) mass is 648 g/mol. The van der Waals surface area contributed by atoms with Crippen LogP contribution in [0.5, 0.6) is 5.75 Å². The lowest BCUT2D eigenvalue weighted by Crippen LogP contribution is -2.60. The average molecular weight is 650 g/mol. The van der Waals surface area contributed by atoms with Crippen LogP contribution in [0, 0.1) is 46.8 Å². The Balaban J connectivity index is 1.63. The van der Waals surface area contributed by atoms with Crippen LogP contribution in [0.2, 0.25) is 5.02 Å². The molecule has 2 aliphatic carbocycles. The number of allylic oxidation sites excluding steroid dienone is 2. The van der Waals surface area contributed by atoms with E-state index in [0.717, 1.165) is 11.0 Å². The van der Waals surface area contributed by atoms with E-state index < -0.39 is 104 Å². The number of likely N-dealkylation sites (tertiary alicyclic amines) is 1. The molecule has 0 spiro atoms. The van der Waals surface area contributed by atoms with E-state index in [2.05, 4.69) is 0 Å². The molecule has 4 amide bonds. The Kier molecular flexibility index (Phi) is 6.28. The summed E-state index contributed by atoms with van der Waals surface area (Å²) in [5, 5.41) is 10.9. The molecule has 6 rings (SSSR count). The highest BCUT2D eigenvalue weighted by Crippen LogP contribution is 2.66. The van der Waals surface area contributed by atoms with Gasteiger partial charge in [-0.1, -0.05) is 23.3 Å². The molecule has 4 aliphatic rings. The molecule has 0 bridgehead atoms. The van der Waals surface area contributed by atoms with Crippen molar-refractivity contribution in [3.05, 3.63) is 69.5 Å². The third kappa shape index (κ3) is 3.34. The van der Waals surface area contributed by atoms with Crippen molar-refractivity contribution in [2.45, 2.75) is 28.5 Å². The number of phenols is 1. The summed E-state index contributed by atoms with van der Waals surface area (Å²) in [5.41, 5.74) is -1.84. The lowest BCUT2D eigenvalue weighted by atomic mass is 9.56. The molecule has 1 N–H and O–H groups in total. The van der Waals surface area contributed by atoms with Crippen molar-refractivity contribution in [1.82, 2.24) is 4.90 Å². The second-order valence-electron chi connectivity index (χ2n) is 10.6. The number of rotatable bonds is 2. The molecule has 7 nitrogen and oxygen atoms in total.